The van der Waals surface area contributed by atoms with Gasteiger partial charge in [-0.25, -0.2) is 8.78 Å². The van der Waals surface area contributed by atoms with E-state index in [1.54, 1.807) is 24.0 Å². The third kappa shape index (κ3) is 5.02. The van der Waals surface area contributed by atoms with E-state index in [0.29, 0.717) is 24.3 Å². The number of hydrogen-bond acceptors (Lipinski definition) is 4. The number of para-hydroxylation sites is 1. The lowest BCUT2D eigenvalue weighted by Crippen LogP contribution is -2.48. The van der Waals surface area contributed by atoms with Gasteiger partial charge in [-0.1, -0.05) is 12.1 Å². The predicted molar refractivity (Wildman–Crippen MR) is 110 cm³/mol. The van der Waals surface area contributed by atoms with Gasteiger partial charge in [-0.2, -0.15) is 0 Å². The second-order valence-corrected chi connectivity index (χ2v) is 8.01. The minimum atomic E-state index is -0.882. The Morgan fingerprint density at radius 2 is 1.93 bits per heavy atom. The van der Waals surface area contributed by atoms with Gasteiger partial charge in [-0.15, -0.1) is 11.3 Å². The molecule has 1 aliphatic heterocycles. The molecular weight excluding hydrogens is 412 g/mol. The van der Waals surface area contributed by atoms with Gasteiger partial charge in [-0.05, 0) is 43.3 Å². The van der Waals surface area contributed by atoms with E-state index in [1.165, 1.54) is 22.3 Å². The molecule has 1 N–H and O–H groups in total. The monoisotopic (exact) mass is 435 g/mol. The molecule has 0 radical (unpaired) electrons. The number of amides is 3. The molecular formula is C21H23F2N3O3S. The highest BCUT2D eigenvalue weighted by Crippen LogP contribution is 2.23. The molecule has 0 spiro atoms. The van der Waals surface area contributed by atoms with Crippen molar-refractivity contribution in [1.29, 1.82) is 0 Å². The standard InChI is InChI=1S/C21H23F2N3O3S/c1-2-25(13-18(27)24-19-15(22)7-3-8-16(19)23)20(28)14-6-4-10-26(12-14)21(29)17-9-5-11-30-17/h3,5,7-9,11,14H,2,4,6,10,12-13H2,1H3,(H,24,27). The average molecular weight is 435 g/mol. The van der Waals surface area contributed by atoms with Crippen LogP contribution < -0.4 is 5.32 Å². The molecule has 160 valence electrons. The van der Waals surface area contributed by atoms with E-state index < -0.39 is 29.1 Å². The topological polar surface area (TPSA) is 69.7 Å². The van der Waals surface area contributed by atoms with Crippen molar-refractivity contribution in [2.75, 3.05) is 31.5 Å². The van der Waals surface area contributed by atoms with Gasteiger partial charge < -0.3 is 15.1 Å². The first-order valence-corrected chi connectivity index (χ1v) is 10.6. The molecule has 1 saturated heterocycles. The Labute approximate surface area is 177 Å². The first-order chi connectivity index (χ1) is 14.4. The molecule has 0 bridgehead atoms. The molecule has 2 heterocycles. The maximum Gasteiger partial charge on any atom is 0.263 e. The zero-order valence-corrected chi connectivity index (χ0v) is 17.4. The molecule has 1 aliphatic rings. The SMILES string of the molecule is CCN(CC(=O)Nc1c(F)cccc1F)C(=O)C1CCCN(C(=O)c2cccs2)C1. The van der Waals surface area contributed by atoms with Crippen LogP contribution in [0.4, 0.5) is 14.5 Å². The van der Waals surface area contributed by atoms with Crippen LogP contribution in [0.5, 0.6) is 0 Å². The largest absolute Gasteiger partial charge is 0.337 e. The summed E-state index contributed by atoms with van der Waals surface area (Å²) in [4.78, 5) is 41.5. The summed E-state index contributed by atoms with van der Waals surface area (Å²) in [5.41, 5.74) is -0.531. The van der Waals surface area contributed by atoms with E-state index in [1.807, 2.05) is 5.38 Å². The quantitative estimate of drug-likeness (QED) is 0.757. The number of piperidine rings is 1. The number of nitrogens with zero attached hydrogens (tertiary/aromatic N) is 2. The van der Waals surface area contributed by atoms with Gasteiger partial charge in [0.25, 0.3) is 5.91 Å². The van der Waals surface area contributed by atoms with Crippen molar-refractivity contribution in [1.82, 2.24) is 9.80 Å². The number of likely N-dealkylation sites (N-methyl/N-ethyl adjacent to an activating group) is 1. The minimum Gasteiger partial charge on any atom is -0.337 e. The molecule has 1 unspecified atom stereocenters. The molecule has 0 saturated carbocycles. The summed E-state index contributed by atoms with van der Waals surface area (Å²) in [6.45, 7) is 2.54. The van der Waals surface area contributed by atoms with Crippen LogP contribution in [0.2, 0.25) is 0 Å². The number of rotatable bonds is 6. The van der Waals surface area contributed by atoms with E-state index in [0.717, 1.165) is 12.1 Å². The van der Waals surface area contributed by atoms with Crippen LogP contribution in [0.25, 0.3) is 0 Å². The molecule has 0 aliphatic carbocycles. The van der Waals surface area contributed by atoms with Crippen LogP contribution in [-0.2, 0) is 9.59 Å². The maximum absolute atomic E-state index is 13.7. The molecule has 30 heavy (non-hydrogen) atoms. The zero-order valence-electron chi connectivity index (χ0n) is 16.6. The summed E-state index contributed by atoms with van der Waals surface area (Å²) in [6, 6.07) is 6.85. The Hall–Kier alpha value is -2.81. The third-order valence-corrected chi connectivity index (χ3v) is 5.90. The maximum atomic E-state index is 13.7. The van der Waals surface area contributed by atoms with Crippen LogP contribution in [0.1, 0.15) is 29.4 Å². The number of nitrogens with one attached hydrogen (secondary N) is 1. The van der Waals surface area contributed by atoms with Crippen LogP contribution in [0.15, 0.2) is 35.7 Å². The number of thiophene rings is 1. The number of anilines is 1. The first-order valence-electron chi connectivity index (χ1n) is 9.76. The van der Waals surface area contributed by atoms with Crippen molar-refractivity contribution in [3.8, 4) is 0 Å². The lowest BCUT2D eigenvalue weighted by molar-refractivity contribution is -0.139. The number of halogens is 2. The smallest absolute Gasteiger partial charge is 0.263 e. The van der Waals surface area contributed by atoms with Gasteiger partial charge in [0.1, 0.15) is 17.3 Å². The second-order valence-electron chi connectivity index (χ2n) is 7.06. The number of hydrogen-bond donors (Lipinski definition) is 1. The van der Waals surface area contributed by atoms with Crippen molar-refractivity contribution in [3.05, 3.63) is 52.2 Å². The molecule has 3 amide bonds. The van der Waals surface area contributed by atoms with Crippen LogP contribution >= 0.6 is 11.3 Å². The lowest BCUT2D eigenvalue weighted by Gasteiger charge is -2.34. The molecule has 6 nitrogen and oxygen atoms in total. The summed E-state index contributed by atoms with van der Waals surface area (Å²) in [7, 11) is 0. The predicted octanol–water partition coefficient (Wildman–Crippen LogP) is 3.37. The van der Waals surface area contributed by atoms with Gasteiger partial charge in [-0.3, -0.25) is 14.4 Å². The fourth-order valence-electron chi connectivity index (χ4n) is 3.49. The number of carbonyl (C=O) groups is 3. The van der Waals surface area contributed by atoms with Gasteiger partial charge in [0, 0.05) is 19.6 Å². The van der Waals surface area contributed by atoms with Crippen molar-refractivity contribution in [2.45, 2.75) is 19.8 Å². The summed E-state index contributed by atoms with van der Waals surface area (Å²) in [5, 5.41) is 4.03. The molecule has 3 rings (SSSR count). The van der Waals surface area contributed by atoms with Crippen molar-refractivity contribution < 1.29 is 23.2 Å². The van der Waals surface area contributed by atoms with Gasteiger partial charge in [0.2, 0.25) is 11.8 Å². The Morgan fingerprint density at radius 3 is 2.57 bits per heavy atom. The van der Waals surface area contributed by atoms with Gasteiger partial charge in [0.15, 0.2) is 0 Å². The van der Waals surface area contributed by atoms with E-state index in [4.69, 9.17) is 0 Å². The Balaban J connectivity index is 1.62. The molecule has 2 aromatic rings. The van der Waals surface area contributed by atoms with Crippen LogP contribution in [0.3, 0.4) is 0 Å². The second kappa shape index (κ2) is 9.80. The summed E-state index contributed by atoms with van der Waals surface area (Å²) < 4.78 is 27.5. The van der Waals surface area contributed by atoms with E-state index in [2.05, 4.69) is 5.32 Å². The van der Waals surface area contributed by atoms with E-state index in [-0.39, 0.29) is 31.4 Å². The van der Waals surface area contributed by atoms with Crippen molar-refractivity contribution in [3.63, 3.8) is 0 Å². The minimum absolute atomic E-state index is 0.0988. The van der Waals surface area contributed by atoms with Crippen molar-refractivity contribution in [2.24, 2.45) is 5.92 Å². The van der Waals surface area contributed by atoms with Crippen LogP contribution in [0, 0.1) is 17.6 Å². The molecule has 1 fully saturated rings. The number of likely N-dealkylation sites (tertiary alicyclic amines) is 1. The fraction of sp³-hybridized carbons (Fsp3) is 0.381. The van der Waals surface area contributed by atoms with Gasteiger partial charge >= 0.3 is 0 Å². The van der Waals surface area contributed by atoms with E-state index in [9.17, 15) is 23.2 Å². The molecule has 1 atom stereocenters. The summed E-state index contributed by atoms with van der Waals surface area (Å²) >= 11 is 1.36. The zero-order chi connectivity index (χ0) is 21.7. The Kier molecular flexibility index (Phi) is 7.15. The lowest BCUT2D eigenvalue weighted by atomic mass is 9.96. The highest BCUT2D eigenvalue weighted by Gasteiger charge is 2.32. The highest BCUT2D eigenvalue weighted by atomic mass is 32.1. The normalized spacial score (nSPS) is 16.2. The summed E-state index contributed by atoms with van der Waals surface area (Å²) in [5.74, 6) is -3.21. The summed E-state index contributed by atoms with van der Waals surface area (Å²) in [6.07, 6.45) is 1.31. The first kappa shape index (κ1) is 21.9. The highest BCUT2D eigenvalue weighted by molar-refractivity contribution is 7.12. The average Bonchev–Trinajstić information content (AvgIpc) is 3.28. The van der Waals surface area contributed by atoms with Gasteiger partial charge in [0.05, 0.1) is 17.3 Å². The van der Waals surface area contributed by atoms with Crippen molar-refractivity contribution >= 4 is 34.7 Å². The Bertz CT molecular complexity index is 900. The fourth-order valence-corrected chi connectivity index (χ4v) is 4.18. The van der Waals surface area contributed by atoms with Crippen LogP contribution in [-0.4, -0.2) is 53.7 Å². The molecule has 1 aromatic heterocycles. The number of carbonyl (C=O) groups excluding carboxylic acids is 3. The molecule has 1 aromatic carbocycles. The Morgan fingerprint density at radius 1 is 1.20 bits per heavy atom. The molecule has 9 heteroatoms. The van der Waals surface area contributed by atoms with E-state index >= 15 is 0 Å². The third-order valence-electron chi connectivity index (χ3n) is 5.04. The number of benzene rings is 1.